The molecule has 0 saturated heterocycles. The number of hydrogen-bond acceptors (Lipinski definition) is 4. The van der Waals surface area contributed by atoms with Crippen LogP contribution in [0.1, 0.15) is 32.3 Å². The predicted octanol–water partition coefficient (Wildman–Crippen LogP) is 2.50. The normalized spacial score (nSPS) is 26.3. The summed E-state index contributed by atoms with van der Waals surface area (Å²) in [7, 11) is 1.76. The van der Waals surface area contributed by atoms with Gasteiger partial charge in [-0.25, -0.2) is 0 Å². The Kier molecular flexibility index (Phi) is 6.03. The molecule has 21 heavy (non-hydrogen) atoms. The molecule has 1 aromatic carbocycles. The van der Waals surface area contributed by atoms with Crippen molar-refractivity contribution >= 4 is 0 Å². The lowest BCUT2D eigenvalue weighted by Crippen LogP contribution is -2.61. The third-order valence-electron chi connectivity index (χ3n) is 4.20. The van der Waals surface area contributed by atoms with Crippen LogP contribution in [0.4, 0.5) is 0 Å². The van der Waals surface area contributed by atoms with Crippen molar-refractivity contribution in [3.63, 3.8) is 0 Å². The number of hydrogen-bond donors (Lipinski definition) is 2. The van der Waals surface area contributed by atoms with Crippen LogP contribution in [-0.2, 0) is 15.9 Å². The monoisotopic (exact) mass is 293 g/mol. The van der Waals surface area contributed by atoms with Crippen molar-refractivity contribution in [1.29, 1.82) is 0 Å². The first kappa shape index (κ1) is 16.3. The summed E-state index contributed by atoms with van der Waals surface area (Å²) in [5, 5.41) is 12.9. The van der Waals surface area contributed by atoms with Gasteiger partial charge in [0.25, 0.3) is 0 Å². The fraction of sp³-hybridized carbons (Fsp3) is 0.647. The first-order valence-corrected chi connectivity index (χ1v) is 7.82. The Bertz CT molecular complexity index is 421. The Balaban J connectivity index is 1.72. The van der Waals surface area contributed by atoms with Gasteiger partial charge in [-0.05, 0) is 50.8 Å². The van der Waals surface area contributed by atoms with Crippen molar-refractivity contribution in [2.75, 3.05) is 13.7 Å². The van der Waals surface area contributed by atoms with Gasteiger partial charge in [-0.1, -0.05) is 12.1 Å². The summed E-state index contributed by atoms with van der Waals surface area (Å²) >= 11 is 0. The third kappa shape index (κ3) is 4.43. The van der Waals surface area contributed by atoms with Crippen LogP contribution in [0.3, 0.4) is 0 Å². The zero-order valence-electron chi connectivity index (χ0n) is 13.2. The zero-order chi connectivity index (χ0) is 15.2. The lowest BCUT2D eigenvalue weighted by atomic mass is 9.84. The summed E-state index contributed by atoms with van der Waals surface area (Å²) in [5.74, 6) is 0.323. The van der Waals surface area contributed by atoms with Gasteiger partial charge >= 0.3 is 0 Å². The third-order valence-corrected chi connectivity index (χ3v) is 4.20. The predicted molar refractivity (Wildman–Crippen MR) is 83.6 cm³/mol. The second-order valence-electron chi connectivity index (χ2n) is 5.81. The number of aryl methyl sites for hydroxylation is 1. The quantitative estimate of drug-likeness (QED) is 0.773. The molecule has 1 aliphatic rings. The van der Waals surface area contributed by atoms with E-state index in [9.17, 15) is 5.11 Å². The largest absolute Gasteiger partial charge is 0.508 e. The molecular formula is C17H27NO3. The number of benzene rings is 1. The van der Waals surface area contributed by atoms with E-state index in [0.29, 0.717) is 17.8 Å². The smallest absolute Gasteiger partial charge is 0.115 e. The highest BCUT2D eigenvalue weighted by atomic mass is 16.5. The average Bonchev–Trinajstić information content (AvgIpc) is 2.46. The highest BCUT2D eigenvalue weighted by Gasteiger charge is 2.42. The van der Waals surface area contributed by atoms with Crippen molar-refractivity contribution in [1.82, 2.24) is 5.32 Å². The Labute approximate surface area is 127 Å². The van der Waals surface area contributed by atoms with Crippen LogP contribution in [0.5, 0.6) is 5.75 Å². The summed E-state index contributed by atoms with van der Waals surface area (Å²) in [6.07, 6.45) is 3.50. The summed E-state index contributed by atoms with van der Waals surface area (Å²) in [4.78, 5) is 0. The number of phenolic OH excluding ortho intramolecular Hbond substituents is 1. The number of aromatic hydroxyl groups is 1. The van der Waals surface area contributed by atoms with E-state index in [1.54, 1.807) is 19.2 Å². The fourth-order valence-electron chi connectivity index (χ4n) is 2.93. The van der Waals surface area contributed by atoms with Crippen LogP contribution in [0, 0.1) is 0 Å². The molecule has 1 aliphatic carbocycles. The fourth-order valence-corrected chi connectivity index (χ4v) is 2.93. The van der Waals surface area contributed by atoms with Crippen LogP contribution in [0.2, 0.25) is 0 Å². The van der Waals surface area contributed by atoms with Gasteiger partial charge in [0.2, 0.25) is 0 Å². The minimum Gasteiger partial charge on any atom is -0.508 e. The van der Waals surface area contributed by atoms with Gasteiger partial charge in [0.1, 0.15) is 5.75 Å². The summed E-state index contributed by atoms with van der Waals surface area (Å²) in [6, 6.07) is 8.27. The van der Waals surface area contributed by atoms with Crippen molar-refractivity contribution in [3.8, 4) is 5.75 Å². The Hall–Kier alpha value is -1.10. The highest BCUT2D eigenvalue weighted by molar-refractivity contribution is 5.25. The second-order valence-corrected chi connectivity index (χ2v) is 5.81. The number of phenols is 1. The molecule has 2 N–H and O–H groups in total. The molecule has 0 aromatic heterocycles. The lowest BCUT2D eigenvalue weighted by molar-refractivity contribution is -0.132. The van der Waals surface area contributed by atoms with E-state index in [1.807, 2.05) is 19.1 Å². The van der Waals surface area contributed by atoms with E-state index in [2.05, 4.69) is 12.2 Å². The summed E-state index contributed by atoms with van der Waals surface area (Å²) in [5.41, 5.74) is 1.26. The second kappa shape index (κ2) is 7.78. The van der Waals surface area contributed by atoms with Gasteiger partial charge in [-0.2, -0.15) is 0 Å². The van der Waals surface area contributed by atoms with Crippen LogP contribution in [-0.4, -0.2) is 43.1 Å². The average molecular weight is 293 g/mol. The summed E-state index contributed by atoms with van der Waals surface area (Å²) < 4.78 is 11.2. The molecule has 1 aromatic rings. The molecule has 0 spiro atoms. The molecule has 118 valence electrons. The molecule has 4 atom stereocenters. The van der Waals surface area contributed by atoms with E-state index in [0.717, 1.165) is 25.9 Å². The van der Waals surface area contributed by atoms with E-state index in [-0.39, 0.29) is 12.2 Å². The van der Waals surface area contributed by atoms with Crippen LogP contribution in [0.25, 0.3) is 0 Å². The highest BCUT2D eigenvalue weighted by Crippen LogP contribution is 2.27. The first-order chi connectivity index (χ1) is 10.1. The van der Waals surface area contributed by atoms with Crippen LogP contribution in [0.15, 0.2) is 24.3 Å². The number of methoxy groups -OCH3 is 1. The van der Waals surface area contributed by atoms with Gasteiger partial charge in [-0.3, -0.25) is 0 Å². The molecule has 0 amide bonds. The molecule has 4 unspecified atom stereocenters. The molecule has 1 saturated carbocycles. The maximum Gasteiger partial charge on any atom is 0.115 e. The molecule has 0 radical (unpaired) electrons. The van der Waals surface area contributed by atoms with E-state index >= 15 is 0 Å². The molecule has 0 aliphatic heterocycles. The SMILES string of the molecule is CCOC1CC(NC(C)CCc2ccc(O)cc2)C1OC. The van der Waals surface area contributed by atoms with E-state index in [1.165, 1.54) is 5.56 Å². The topological polar surface area (TPSA) is 50.7 Å². The zero-order valence-corrected chi connectivity index (χ0v) is 13.2. The number of ether oxygens (including phenoxy) is 2. The van der Waals surface area contributed by atoms with Gasteiger partial charge < -0.3 is 19.9 Å². The standard InChI is InChI=1S/C17H27NO3/c1-4-21-16-11-15(17(16)20-3)18-12(2)5-6-13-7-9-14(19)10-8-13/h7-10,12,15-19H,4-6,11H2,1-3H3. The van der Waals surface area contributed by atoms with Gasteiger partial charge in [0.05, 0.1) is 12.2 Å². The van der Waals surface area contributed by atoms with Crippen molar-refractivity contribution in [2.24, 2.45) is 0 Å². The first-order valence-electron chi connectivity index (χ1n) is 7.82. The van der Waals surface area contributed by atoms with Crippen LogP contribution >= 0.6 is 0 Å². The Morgan fingerprint density at radius 1 is 1.33 bits per heavy atom. The maximum absolute atomic E-state index is 9.28. The molecular weight excluding hydrogens is 266 g/mol. The number of rotatable bonds is 8. The van der Waals surface area contributed by atoms with Crippen molar-refractivity contribution in [3.05, 3.63) is 29.8 Å². The molecule has 0 bridgehead atoms. The van der Waals surface area contributed by atoms with E-state index in [4.69, 9.17) is 9.47 Å². The Morgan fingerprint density at radius 2 is 2.05 bits per heavy atom. The molecule has 4 heteroatoms. The molecule has 2 rings (SSSR count). The maximum atomic E-state index is 9.28. The lowest BCUT2D eigenvalue weighted by Gasteiger charge is -2.44. The minimum absolute atomic E-state index is 0.168. The van der Waals surface area contributed by atoms with Crippen LogP contribution < -0.4 is 5.32 Å². The molecule has 0 heterocycles. The number of nitrogens with one attached hydrogen (secondary N) is 1. The molecule has 4 nitrogen and oxygen atoms in total. The van der Waals surface area contributed by atoms with Gasteiger partial charge in [-0.15, -0.1) is 0 Å². The van der Waals surface area contributed by atoms with Gasteiger partial charge in [0, 0.05) is 25.8 Å². The minimum atomic E-state index is 0.168. The van der Waals surface area contributed by atoms with Gasteiger partial charge in [0.15, 0.2) is 0 Å². The Morgan fingerprint density at radius 3 is 2.67 bits per heavy atom. The van der Waals surface area contributed by atoms with Crippen molar-refractivity contribution < 1.29 is 14.6 Å². The summed E-state index contributed by atoms with van der Waals surface area (Å²) in [6.45, 7) is 4.97. The van der Waals surface area contributed by atoms with E-state index < -0.39 is 0 Å². The van der Waals surface area contributed by atoms with Crippen molar-refractivity contribution in [2.45, 2.75) is 57.4 Å². The molecule has 1 fully saturated rings.